The fraction of sp³-hybridized carbons (Fsp3) is 0.462. The van der Waals surface area contributed by atoms with E-state index in [1.165, 1.54) is 23.2 Å². The van der Waals surface area contributed by atoms with Gasteiger partial charge in [-0.25, -0.2) is 23.5 Å². The predicted octanol–water partition coefficient (Wildman–Crippen LogP) is 0.471. The van der Waals surface area contributed by atoms with Crippen LogP contribution in [0, 0.1) is 11.6 Å². The smallest absolute Gasteiger partial charge is 0.846 e. The number of halogens is 5. The molecular formula is C26H26F5KN6O3. The van der Waals surface area contributed by atoms with Crippen molar-refractivity contribution < 1.29 is 88.0 Å². The molecule has 5 rings (SSSR count). The van der Waals surface area contributed by atoms with Gasteiger partial charge in [-0.1, -0.05) is 12.1 Å². The Morgan fingerprint density at radius 3 is 2.51 bits per heavy atom. The number of alkyl halides is 3. The van der Waals surface area contributed by atoms with E-state index >= 15 is 0 Å². The van der Waals surface area contributed by atoms with E-state index in [1.807, 2.05) is 0 Å². The van der Waals surface area contributed by atoms with E-state index in [0.29, 0.717) is 28.9 Å². The normalized spacial score (nSPS) is 20.6. The summed E-state index contributed by atoms with van der Waals surface area (Å²) in [6, 6.07) is 4.33. The van der Waals surface area contributed by atoms with E-state index in [4.69, 9.17) is 0 Å². The number of likely N-dealkylation sites (tertiary alicyclic amines) is 2. The minimum atomic E-state index is -4.73. The minimum absolute atomic E-state index is 0. The maximum Gasteiger partial charge on any atom is 1.00 e. The van der Waals surface area contributed by atoms with Crippen molar-refractivity contribution in [3.8, 4) is 6.01 Å². The van der Waals surface area contributed by atoms with Gasteiger partial charge in [0.1, 0.15) is 12.6 Å². The molecule has 2 fully saturated rings. The molecule has 0 spiro atoms. The SMILES string of the molecule is O=C(NC1CCC(c2cccc(F)c2F)CN(CC(F)(F)F)C1=O)N1CCC(n2c([O-])nc3ncccc32)CC1.[K+]. The summed E-state index contributed by atoms with van der Waals surface area (Å²) in [6.07, 6.45) is -2.35. The van der Waals surface area contributed by atoms with Gasteiger partial charge in [-0.2, -0.15) is 13.2 Å². The number of nitrogens with zero attached hydrogens (tertiary/aromatic N) is 5. The van der Waals surface area contributed by atoms with Crippen LogP contribution in [0.15, 0.2) is 36.5 Å². The third kappa shape index (κ3) is 7.01. The Hall–Kier alpha value is -2.33. The van der Waals surface area contributed by atoms with Crippen LogP contribution in [0.4, 0.5) is 26.7 Å². The van der Waals surface area contributed by atoms with Crippen LogP contribution in [0.25, 0.3) is 11.2 Å². The second-order valence-corrected chi connectivity index (χ2v) is 10.1. The molecule has 0 bridgehead atoms. The first-order chi connectivity index (χ1) is 19.0. The Morgan fingerprint density at radius 1 is 1.07 bits per heavy atom. The Labute approximate surface area is 274 Å². The molecule has 1 aromatic carbocycles. The molecule has 2 aliphatic heterocycles. The number of carbonyl (C=O) groups excluding carboxylic acids is 2. The number of pyridine rings is 1. The van der Waals surface area contributed by atoms with Crippen LogP contribution < -0.4 is 61.8 Å². The van der Waals surface area contributed by atoms with Gasteiger partial charge in [0.15, 0.2) is 17.3 Å². The molecule has 0 saturated carbocycles. The number of hydrogen-bond donors (Lipinski definition) is 1. The quantitative estimate of drug-likeness (QED) is 0.345. The second-order valence-electron chi connectivity index (χ2n) is 10.1. The third-order valence-corrected chi connectivity index (χ3v) is 7.49. The van der Waals surface area contributed by atoms with E-state index in [-0.39, 0.29) is 88.9 Å². The topological polar surface area (TPSA) is 106 Å². The maximum absolute atomic E-state index is 14.5. The van der Waals surface area contributed by atoms with Crippen LogP contribution in [-0.2, 0) is 4.79 Å². The number of piperidine rings is 1. The zero-order valence-electron chi connectivity index (χ0n) is 22.2. The Bertz CT molecular complexity index is 1410. The van der Waals surface area contributed by atoms with Crippen molar-refractivity contribution in [2.45, 2.75) is 49.9 Å². The summed E-state index contributed by atoms with van der Waals surface area (Å²) in [5, 5.41) is 15.0. The first-order valence-corrected chi connectivity index (χ1v) is 12.9. The van der Waals surface area contributed by atoms with Gasteiger partial charge in [-0.3, -0.25) is 4.79 Å². The monoisotopic (exact) mass is 604 g/mol. The first-order valence-electron chi connectivity index (χ1n) is 12.9. The van der Waals surface area contributed by atoms with Crippen molar-refractivity contribution in [1.29, 1.82) is 0 Å². The van der Waals surface area contributed by atoms with Crippen LogP contribution >= 0.6 is 0 Å². The summed E-state index contributed by atoms with van der Waals surface area (Å²) in [5.74, 6) is -4.12. The van der Waals surface area contributed by atoms with Crippen molar-refractivity contribution in [2.24, 2.45) is 0 Å². The molecule has 1 N–H and O–H groups in total. The summed E-state index contributed by atoms with van der Waals surface area (Å²) < 4.78 is 69.8. The molecule has 214 valence electrons. The summed E-state index contributed by atoms with van der Waals surface area (Å²) in [4.78, 5) is 36.2. The summed E-state index contributed by atoms with van der Waals surface area (Å²) in [7, 11) is 0. The fourth-order valence-electron chi connectivity index (χ4n) is 5.57. The summed E-state index contributed by atoms with van der Waals surface area (Å²) >= 11 is 0. The van der Waals surface area contributed by atoms with Crippen molar-refractivity contribution in [3.05, 3.63) is 53.7 Å². The van der Waals surface area contributed by atoms with Crippen LogP contribution in [0.3, 0.4) is 0 Å². The maximum atomic E-state index is 14.5. The van der Waals surface area contributed by atoms with E-state index in [9.17, 15) is 36.6 Å². The minimum Gasteiger partial charge on any atom is -0.846 e. The Morgan fingerprint density at radius 2 is 1.80 bits per heavy atom. The number of urea groups is 1. The average Bonchev–Trinajstić information content (AvgIpc) is 3.18. The van der Waals surface area contributed by atoms with Gasteiger partial charge in [0.2, 0.25) is 5.91 Å². The van der Waals surface area contributed by atoms with Crippen molar-refractivity contribution in [1.82, 2.24) is 29.7 Å². The van der Waals surface area contributed by atoms with Gasteiger partial charge < -0.3 is 24.8 Å². The van der Waals surface area contributed by atoms with Crippen molar-refractivity contribution >= 4 is 23.1 Å². The fourth-order valence-corrected chi connectivity index (χ4v) is 5.57. The average molecular weight is 605 g/mol. The number of amides is 3. The number of carbonyl (C=O) groups is 2. The van der Waals surface area contributed by atoms with Crippen LogP contribution in [0.1, 0.15) is 43.2 Å². The van der Waals surface area contributed by atoms with Crippen molar-refractivity contribution in [3.63, 3.8) is 0 Å². The molecule has 3 aromatic rings. The second kappa shape index (κ2) is 12.9. The van der Waals surface area contributed by atoms with Gasteiger partial charge in [-0.15, -0.1) is 0 Å². The van der Waals surface area contributed by atoms with E-state index in [1.54, 1.807) is 16.7 Å². The molecule has 2 aliphatic rings. The number of benzene rings is 1. The third-order valence-electron chi connectivity index (χ3n) is 7.49. The molecule has 9 nitrogen and oxygen atoms in total. The van der Waals surface area contributed by atoms with Crippen molar-refractivity contribution in [2.75, 3.05) is 26.2 Å². The summed E-state index contributed by atoms with van der Waals surface area (Å²) in [5.41, 5.74) is 0.807. The molecule has 0 radical (unpaired) electrons. The number of fused-ring (bicyclic) bond motifs is 1. The largest absolute Gasteiger partial charge is 1.00 e. The molecule has 2 unspecified atom stereocenters. The Balaban J connectivity index is 0.00000387. The van der Waals surface area contributed by atoms with Gasteiger partial charge >= 0.3 is 63.6 Å². The van der Waals surface area contributed by atoms with Gasteiger partial charge in [-0.05, 0) is 49.4 Å². The molecule has 2 aromatic heterocycles. The number of nitrogens with one attached hydrogen (secondary N) is 1. The molecule has 3 amide bonds. The Kier molecular flexibility index (Phi) is 9.94. The van der Waals surface area contributed by atoms with Crippen LogP contribution in [-0.4, -0.2) is 74.7 Å². The zero-order valence-corrected chi connectivity index (χ0v) is 25.3. The van der Waals surface area contributed by atoms with Gasteiger partial charge in [0, 0.05) is 37.8 Å². The summed E-state index contributed by atoms with van der Waals surface area (Å²) in [6.45, 7) is -1.58. The first kappa shape index (κ1) is 31.6. The van der Waals surface area contributed by atoms with Gasteiger partial charge in [0.25, 0.3) is 0 Å². The molecule has 15 heteroatoms. The number of imidazole rings is 1. The van der Waals surface area contributed by atoms with E-state index in [0.717, 1.165) is 6.07 Å². The molecule has 4 heterocycles. The zero-order chi connectivity index (χ0) is 28.6. The molecule has 41 heavy (non-hydrogen) atoms. The van der Waals surface area contributed by atoms with E-state index in [2.05, 4.69) is 15.3 Å². The molecule has 0 aliphatic carbocycles. The standard InChI is InChI=1S/C26H27F5N6O3.K/c27-18-4-1-3-17(21(18)28)15-6-7-19(23(38)36(13-15)14-26(29,30)31)33-24(39)35-11-8-16(9-12-35)37-20-5-2-10-32-22(20)34-25(37)40;/h1-5,10,15-16,19H,6-9,11-14H2,(H,33,39)(H,32,34,40);/q;+1/p-1. The van der Waals surface area contributed by atoms with Gasteiger partial charge in [0.05, 0.1) is 11.5 Å². The van der Waals surface area contributed by atoms with Crippen LogP contribution in [0.2, 0.25) is 0 Å². The number of rotatable bonds is 4. The molecular weight excluding hydrogens is 578 g/mol. The number of hydrogen-bond acceptors (Lipinski definition) is 5. The van der Waals surface area contributed by atoms with Crippen LogP contribution in [0.5, 0.6) is 6.01 Å². The predicted molar refractivity (Wildman–Crippen MR) is 130 cm³/mol. The number of aromatic nitrogens is 3. The molecule has 2 saturated heterocycles. The van der Waals surface area contributed by atoms with E-state index < -0.39 is 60.8 Å². The molecule has 2 atom stereocenters.